The summed E-state index contributed by atoms with van der Waals surface area (Å²) in [7, 11) is 0. The van der Waals surface area contributed by atoms with Crippen LogP contribution in [0.3, 0.4) is 0 Å². The molecule has 20 heavy (non-hydrogen) atoms. The number of carbonyl (C=O) groups is 2. The molecule has 2 atom stereocenters. The summed E-state index contributed by atoms with van der Waals surface area (Å²) in [5.74, 6) is -0.757. The molecule has 2 amide bonds. The molecular formula is C14H24N2O4. The maximum absolute atomic E-state index is 12.2. The van der Waals surface area contributed by atoms with Gasteiger partial charge in [-0.25, -0.2) is 4.79 Å². The Balaban J connectivity index is 1.82. The molecule has 2 N–H and O–H groups in total. The third-order valence-electron chi connectivity index (χ3n) is 4.42. The standard InChI is InChI=1S/C14H24N2O4/c1-2-16(12-9-20-8-11(12)13(17)18)14(19)15-7-6-10-4-3-5-10/h10-12H,2-9H2,1H3,(H,15,19)(H,17,18). The van der Waals surface area contributed by atoms with Gasteiger partial charge < -0.3 is 20.1 Å². The van der Waals surface area contributed by atoms with Crippen molar-refractivity contribution < 1.29 is 19.4 Å². The van der Waals surface area contributed by atoms with Gasteiger partial charge in [0, 0.05) is 13.1 Å². The van der Waals surface area contributed by atoms with Crippen LogP contribution in [0.1, 0.15) is 32.6 Å². The Morgan fingerprint density at radius 3 is 2.65 bits per heavy atom. The first-order valence-electron chi connectivity index (χ1n) is 7.48. The second-order valence-corrected chi connectivity index (χ2v) is 5.65. The Labute approximate surface area is 119 Å². The molecule has 1 heterocycles. The lowest BCUT2D eigenvalue weighted by Crippen LogP contribution is -2.50. The van der Waals surface area contributed by atoms with Crippen LogP contribution in [0, 0.1) is 11.8 Å². The van der Waals surface area contributed by atoms with Crippen LogP contribution in [0.2, 0.25) is 0 Å². The van der Waals surface area contributed by atoms with Crippen molar-refractivity contribution in [1.82, 2.24) is 10.2 Å². The first-order chi connectivity index (χ1) is 9.63. The van der Waals surface area contributed by atoms with Gasteiger partial charge in [-0.05, 0) is 19.3 Å². The Kier molecular flexibility index (Phi) is 5.23. The summed E-state index contributed by atoms with van der Waals surface area (Å²) < 4.78 is 5.23. The maximum atomic E-state index is 12.2. The minimum atomic E-state index is -0.895. The van der Waals surface area contributed by atoms with Gasteiger partial charge in [0.25, 0.3) is 0 Å². The van der Waals surface area contributed by atoms with Gasteiger partial charge in [-0.15, -0.1) is 0 Å². The SMILES string of the molecule is CCN(C(=O)NCCC1CCC1)C1COCC1C(=O)O. The van der Waals surface area contributed by atoms with Crippen molar-refractivity contribution in [1.29, 1.82) is 0 Å². The summed E-state index contributed by atoms with van der Waals surface area (Å²) in [5, 5.41) is 12.1. The topological polar surface area (TPSA) is 78.9 Å². The zero-order chi connectivity index (χ0) is 14.5. The smallest absolute Gasteiger partial charge is 0.317 e. The molecule has 2 aliphatic rings. The summed E-state index contributed by atoms with van der Waals surface area (Å²) in [6.07, 6.45) is 4.86. The molecule has 0 radical (unpaired) electrons. The number of amides is 2. The summed E-state index contributed by atoms with van der Waals surface area (Å²) in [5.41, 5.74) is 0. The fourth-order valence-electron chi connectivity index (χ4n) is 2.88. The van der Waals surface area contributed by atoms with Crippen LogP contribution < -0.4 is 5.32 Å². The number of carbonyl (C=O) groups excluding carboxylic acids is 1. The molecule has 1 saturated carbocycles. The number of urea groups is 1. The van der Waals surface area contributed by atoms with Crippen molar-refractivity contribution in [2.75, 3.05) is 26.3 Å². The Morgan fingerprint density at radius 1 is 1.35 bits per heavy atom. The fraction of sp³-hybridized carbons (Fsp3) is 0.857. The highest BCUT2D eigenvalue weighted by atomic mass is 16.5. The third-order valence-corrected chi connectivity index (χ3v) is 4.42. The number of aliphatic carboxylic acids is 1. The Morgan fingerprint density at radius 2 is 2.10 bits per heavy atom. The van der Waals surface area contributed by atoms with Crippen molar-refractivity contribution in [3.8, 4) is 0 Å². The molecule has 1 aliphatic heterocycles. The highest BCUT2D eigenvalue weighted by Crippen LogP contribution is 2.28. The van der Waals surface area contributed by atoms with E-state index in [-0.39, 0.29) is 18.7 Å². The molecule has 0 aromatic heterocycles. The van der Waals surface area contributed by atoms with Gasteiger partial charge in [-0.1, -0.05) is 19.3 Å². The van der Waals surface area contributed by atoms with Crippen LogP contribution in [0.5, 0.6) is 0 Å². The molecule has 2 fully saturated rings. The molecule has 6 nitrogen and oxygen atoms in total. The maximum Gasteiger partial charge on any atom is 0.317 e. The van der Waals surface area contributed by atoms with Gasteiger partial charge in [0.05, 0.1) is 19.3 Å². The van der Waals surface area contributed by atoms with Crippen molar-refractivity contribution in [3.05, 3.63) is 0 Å². The molecule has 1 aliphatic carbocycles. The molecular weight excluding hydrogens is 260 g/mol. The number of carboxylic acids is 1. The Bertz CT molecular complexity index is 357. The average molecular weight is 284 g/mol. The fourth-order valence-corrected chi connectivity index (χ4v) is 2.88. The second kappa shape index (κ2) is 6.92. The zero-order valence-electron chi connectivity index (χ0n) is 12.0. The summed E-state index contributed by atoms with van der Waals surface area (Å²) in [6.45, 7) is 3.52. The monoisotopic (exact) mass is 284 g/mol. The quantitative estimate of drug-likeness (QED) is 0.770. The van der Waals surface area contributed by atoms with E-state index in [1.54, 1.807) is 4.90 Å². The van der Waals surface area contributed by atoms with Gasteiger partial charge in [0.2, 0.25) is 0 Å². The normalized spacial score (nSPS) is 26.1. The number of ether oxygens (including phenoxy) is 1. The molecule has 0 aromatic rings. The summed E-state index contributed by atoms with van der Waals surface area (Å²) >= 11 is 0. The highest BCUT2D eigenvalue weighted by Gasteiger charge is 2.39. The van der Waals surface area contributed by atoms with Gasteiger partial charge in [0.1, 0.15) is 5.92 Å². The predicted molar refractivity (Wildman–Crippen MR) is 73.5 cm³/mol. The summed E-state index contributed by atoms with van der Waals surface area (Å²) in [4.78, 5) is 24.9. The van der Waals surface area contributed by atoms with Crippen LogP contribution in [0.25, 0.3) is 0 Å². The molecule has 2 rings (SSSR count). The van der Waals surface area contributed by atoms with Crippen LogP contribution >= 0.6 is 0 Å². The van der Waals surface area contributed by atoms with Gasteiger partial charge in [0.15, 0.2) is 0 Å². The van der Waals surface area contributed by atoms with Gasteiger partial charge in [-0.3, -0.25) is 4.79 Å². The highest BCUT2D eigenvalue weighted by molar-refractivity contribution is 5.77. The van der Waals surface area contributed by atoms with Gasteiger partial charge in [-0.2, -0.15) is 0 Å². The van der Waals surface area contributed by atoms with E-state index in [9.17, 15) is 9.59 Å². The van der Waals surface area contributed by atoms with E-state index in [2.05, 4.69) is 5.32 Å². The minimum absolute atomic E-state index is 0.173. The van der Waals surface area contributed by atoms with Crippen molar-refractivity contribution in [2.24, 2.45) is 11.8 Å². The first kappa shape index (κ1) is 15.1. The minimum Gasteiger partial charge on any atom is -0.481 e. The molecule has 2 unspecified atom stereocenters. The molecule has 0 aromatic carbocycles. The van der Waals surface area contributed by atoms with E-state index in [4.69, 9.17) is 9.84 Å². The van der Waals surface area contributed by atoms with E-state index < -0.39 is 11.9 Å². The van der Waals surface area contributed by atoms with Crippen molar-refractivity contribution >= 4 is 12.0 Å². The van der Waals surface area contributed by atoms with E-state index >= 15 is 0 Å². The lowest BCUT2D eigenvalue weighted by molar-refractivity contribution is -0.142. The van der Waals surface area contributed by atoms with Gasteiger partial charge >= 0.3 is 12.0 Å². The van der Waals surface area contributed by atoms with E-state index in [0.717, 1.165) is 12.3 Å². The number of likely N-dealkylation sites (N-methyl/N-ethyl adjacent to an activating group) is 1. The van der Waals surface area contributed by atoms with Crippen LogP contribution in [-0.2, 0) is 9.53 Å². The molecule has 114 valence electrons. The van der Waals surface area contributed by atoms with Crippen LogP contribution in [0.4, 0.5) is 4.79 Å². The third kappa shape index (κ3) is 3.42. The zero-order valence-corrected chi connectivity index (χ0v) is 12.0. The Hall–Kier alpha value is -1.30. The number of hydrogen-bond acceptors (Lipinski definition) is 3. The van der Waals surface area contributed by atoms with E-state index in [1.165, 1.54) is 19.3 Å². The molecule has 6 heteroatoms. The average Bonchev–Trinajstić information content (AvgIpc) is 2.82. The molecule has 0 spiro atoms. The van der Waals surface area contributed by atoms with E-state index in [1.807, 2.05) is 6.92 Å². The number of hydrogen-bond donors (Lipinski definition) is 2. The number of rotatable bonds is 6. The second-order valence-electron chi connectivity index (χ2n) is 5.65. The lowest BCUT2D eigenvalue weighted by Gasteiger charge is -2.30. The predicted octanol–water partition coefficient (Wildman–Crippen LogP) is 1.31. The number of carboxylic acid groups (broad SMARTS) is 1. The molecule has 0 bridgehead atoms. The first-order valence-corrected chi connectivity index (χ1v) is 7.48. The van der Waals surface area contributed by atoms with E-state index in [0.29, 0.717) is 19.7 Å². The van der Waals surface area contributed by atoms with Crippen molar-refractivity contribution in [2.45, 2.75) is 38.6 Å². The largest absolute Gasteiger partial charge is 0.481 e. The lowest BCUT2D eigenvalue weighted by atomic mass is 9.83. The van der Waals surface area contributed by atoms with Crippen molar-refractivity contribution in [3.63, 3.8) is 0 Å². The number of nitrogens with zero attached hydrogens (tertiary/aromatic N) is 1. The van der Waals surface area contributed by atoms with Crippen LogP contribution in [0.15, 0.2) is 0 Å². The molecule has 1 saturated heterocycles. The number of nitrogens with one attached hydrogen (secondary N) is 1. The van der Waals surface area contributed by atoms with Crippen LogP contribution in [-0.4, -0.2) is 54.4 Å². The summed E-state index contributed by atoms with van der Waals surface area (Å²) in [6, 6.07) is -0.533.